The number of carbonyl (C=O) groups excluding carboxylic acids is 1. The molecule has 2 atom stereocenters. The maximum absolute atomic E-state index is 12.3. The molecule has 2 aromatic rings. The Kier molecular flexibility index (Phi) is 4.22. The predicted molar refractivity (Wildman–Crippen MR) is 84.0 cm³/mol. The van der Waals surface area contributed by atoms with Gasteiger partial charge in [0.2, 0.25) is 0 Å². The number of furan rings is 1. The van der Waals surface area contributed by atoms with Crippen molar-refractivity contribution in [2.45, 2.75) is 43.8 Å². The summed E-state index contributed by atoms with van der Waals surface area (Å²) in [6.45, 7) is 0. The van der Waals surface area contributed by atoms with Crippen molar-refractivity contribution in [3.63, 3.8) is 0 Å². The first-order valence-electron chi connectivity index (χ1n) is 7.44. The second-order valence-corrected chi connectivity index (χ2v) is 5.92. The van der Waals surface area contributed by atoms with Crippen molar-refractivity contribution in [3.05, 3.63) is 30.2 Å². The minimum atomic E-state index is -0.115. The van der Waals surface area contributed by atoms with Gasteiger partial charge in [-0.1, -0.05) is 0 Å². The number of aromatic amines is 1. The first-order chi connectivity index (χ1) is 10.3. The average Bonchev–Trinajstić information content (AvgIpc) is 3.18. The SMILES string of the molecule is Cl.O=C(NC1CC2CCC(C1)N2)c1cc(-c2ccco2)[nH]n1. The number of H-pyrrole nitrogens is 1. The molecule has 2 aliphatic heterocycles. The normalized spacial score (nSPS) is 26.5. The largest absolute Gasteiger partial charge is 0.463 e. The third kappa shape index (κ3) is 2.89. The van der Waals surface area contributed by atoms with Gasteiger partial charge in [0.05, 0.1) is 6.26 Å². The van der Waals surface area contributed by atoms with Gasteiger partial charge in [0, 0.05) is 24.2 Å². The van der Waals surface area contributed by atoms with Gasteiger partial charge < -0.3 is 15.1 Å². The molecular weight excluding hydrogens is 304 g/mol. The Balaban J connectivity index is 0.00000144. The van der Waals surface area contributed by atoms with Crippen molar-refractivity contribution >= 4 is 18.3 Å². The van der Waals surface area contributed by atoms with Gasteiger partial charge in [-0.25, -0.2) is 0 Å². The molecule has 0 spiro atoms. The van der Waals surface area contributed by atoms with Crippen LogP contribution >= 0.6 is 12.4 Å². The maximum atomic E-state index is 12.3. The van der Waals surface area contributed by atoms with E-state index in [2.05, 4.69) is 20.8 Å². The van der Waals surface area contributed by atoms with Crippen LogP contribution in [0.25, 0.3) is 11.5 Å². The minimum Gasteiger partial charge on any atom is -0.463 e. The highest BCUT2D eigenvalue weighted by Crippen LogP contribution is 2.27. The number of halogens is 1. The summed E-state index contributed by atoms with van der Waals surface area (Å²) in [6, 6.07) is 6.74. The first-order valence-corrected chi connectivity index (χ1v) is 7.44. The van der Waals surface area contributed by atoms with Crippen LogP contribution in [-0.4, -0.2) is 34.2 Å². The van der Waals surface area contributed by atoms with E-state index in [9.17, 15) is 4.79 Å². The molecule has 2 aromatic heterocycles. The molecular formula is C15H19ClN4O2. The van der Waals surface area contributed by atoms with Crippen LogP contribution in [0.2, 0.25) is 0 Å². The van der Waals surface area contributed by atoms with Crippen LogP contribution in [0, 0.1) is 0 Å². The van der Waals surface area contributed by atoms with Crippen LogP contribution < -0.4 is 10.6 Å². The van der Waals surface area contributed by atoms with E-state index in [-0.39, 0.29) is 24.4 Å². The number of amides is 1. The van der Waals surface area contributed by atoms with Gasteiger partial charge >= 0.3 is 0 Å². The lowest BCUT2D eigenvalue weighted by atomic mass is 10.00. The topological polar surface area (TPSA) is 83.0 Å². The Morgan fingerprint density at radius 1 is 1.32 bits per heavy atom. The second-order valence-electron chi connectivity index (χ2n) is 5.92. The minimum absolute atomic E-state index is 0. The zero-order valence-corrected chi connectivity index (χ0v) is 12.9. The van der Waals surface area contributed by atoms with Crippen molar-refractivity contribution in [3.8, 4) is 11.5 Å². The van der Waals surface area contributed by atoms with Crippen molar-refractivity contribution in [1.29, 1.82) is 0 Å². The molecule has 2 fully saturated rings. The highest BCUT2D eigenvalue weighted by molar-refractivity contribution is 5.93. The maximum Gasteiger partial charge on any atom is 0.272 e. The second kappa shape index (κ2) is 6.14. The van der Waals surface area contributed by atoms with E-state index in [0.717, 1.165) is 18.5 Å². The highest BCUT2D eigenvalue weighted by atomic mass is 35.5. The lowest BCUT2D eigenvalue weighted by Crippen LogP contribution is -2.48. The summed E-state index contributed by atoms with van der Waals surface area (Å²) >= 11 is 0. The molecule has 7 heteroatoms. The van der Waals surface area contributed by atoms with Gasteiger partial charge in [-0.15, -0.1) is 12.4 Å². The van der Waals surface area contributed by atoms with Gasteiger partial charge in [-0.05, 0) is 37.8 Å². The Labute approximate surface area is 134 Å². The monoisotopic (exact) mass is 322 g/mol. The number of hydrogen-bond acceptors (Lipinski definition) is 4. The molecule has 2 saturated heterocycles. The van der Waals surface area contributed by atoms with Gasteiger partial charge in [0.25, 0.3) is 5.91 Å². The summed E-state index contributed by atoms with van der Waals surface area (Å²) in [5.41, 5.74) is 1.13. The Hall–Kier alpha value is -1.79. The van der Waals surface area contributed by atoms with E-state index >= 15 is 0 Å². The molecule has 6 nitrogen and oxygen atoms in total. The number of hydrogen-bond donors (Lipinski definition) is 3. The third-order valence-electron chi connectivity index (χ3n) is 4.41. The molecule has 2 unspecified atom stereocenters. The molecule has 1 amide bonds. The Morgan fingerprint density at radius 3 is 2.77 bits per heavy atom. The summed E-state index contributed by atoms with van der Waals surface area (Å²) in [4.78, 5) is 12.3. The lowest BCUT2D eigenvalue weighted by molar-refractivity contribution is 0.0919. The number of aromatic nitrogens is 2. The van der Waals surface area contributed by atoms with Gasteiger partial charge in [0.1, 0.15) is 5.69 Å². The number of rotatable bonds is 3. The first kappa shape index (κ1) is 15.1. The van der Waals surface area contributed by atoms with Crippen molar-refractivity contribution in [2.24, 2.45) is 0 Å². The number of carbonyl (C=O) groups is 1. The number of nitrogens with one attached hydrogen (secondary N) is 3. The average molecular weight is 323 g/mol. The van der Waals surface area contributed by atoms with Gasteiger partial charge in [0.15, 0.2) is 11.5 Å². The Morgan fingerprint density at radius 2 is 2.09 bits per heavy atom. The van der Waals surface area contributed by atoms with Gasteiger partial charge in [-0.3, -0.25) is 9.89 Å². The van der Waals surface area contributed by atoms with E-state index < -0.39 is 0 Å². The summed E-state index contributed by atoms with van der Waals surface area (Å²) in [5, 5.41) is 13.6. The summed E-state index contributed by atoms with van der Waals surface area (Å²) in [7, 11) is 0. The number of nitrogens with zero attached hydrogens (tertiary/aromatic N) is 1. The molecule has 0 radical (unpaired) electrons. The summed E-state index contributed by atoms with van der Waals surface area (Å²) in [6.07, 6.45) is 6.07. The number of fused-ring (bicyclic) bond motifs is 2. The zero-order chi connectivity index (χ0) is 14.2. The van der Waals surface area contributed by atoms with Crippen LogP contribution in [0.5, 0.6) is 0 Å². The van der Waals surface area contributed by atoms with Crippen molar-refractivity contribution in [2.75, 3.05) is 0 Å². The standard InChI is InChI=1S/C15H18N4O2.ClH/c20-15(17-11-6-9-3-4-10(7-11)16-9)13-8-12(18-19-13)14-2-1-5-21-14;/h1-2,5,8-11,16H,3-4,6-7H2,(H,17,20)(H,18,19);1H. The molecule has 2 aliphatic rings. The molecule has 0 aromatic carbocycles. The molecule has 4 heterocycles. The van der Waals surface area contributed by atoms with Crippen LogP contribution in [0.4, 0.5) is 0 Å². The molecule has 0 aliphatic carbocycles. The fraction of sp³-hybridized carbons (Fsp3) is 0.467. The smallest absolute Gasteiger partial charge is 0.272 e. The molecule has 0 saturated carbocycles. The van der Waals surface area contributed by atoms with Crippen LogP contribution in [-0.2, 0) is 0 Å². The lowest BCUT2D eigenvalue weighted by Gasteiger charge is -2.29. The zero-order valence-electron chi connectivity index (χ0n) is 12.0. The van der Waals surface area contributed by atoms with Crippen molar-refractivity contribution < 1.29 is 9.21 Å². The van der Waals surface area contributed by atoms with E-state index in [1.165, 1.54) is 12.8 Å². The van der Waals surface area contributed by atoms with E-state index in [1.807, 2.05) is 6.07 Å². The van der Waals surface area contributed by atoms with Crippen LogP contribution in [0.1, 0.15) is 36.2 Å². The quantitative estimate of drug-likeness (QED) is 0.808. The van der Waals surface area contributed by atoms with Gasteiger partial charge in [-0.2, -0.15) is 5.10 Å². The van der Waals surface area contributed by atoms with E-state index in [1.54, 1.807) is 18.4 Å². The molecule has 4 rings (SSSR count). The van der Waals surface area contributed by atoms with Crippen molar-refractivity contribution in [1.82, 2.24) is 20.8 Å². The van der Waals surface area contributed by atoms with E-state index in [4.69, 9.17) is 4.42 Å². The summed E-state index contributed by atoms with van der Waals surface area (Å²) in [5.74, 6) is 0.566. The molecule has 118 valence electrons. The van der Waals surface area contributed by atoms with E-state index in [0.29, 0.717) is 23.5 Å². The highest BCUT2D eigenvalue weighted by Gasteiger charge is 2.34. The molecule has 3 N–H and O–H groups in total. The third-order valence-corrected chi connectivity index (χ3v) is 4.41. The Bertz CT molecular complexity index is 628. The predicted octanol–water partition coefficient (Wildman–Crippen LogP) is 2.10. The summed E-state index contributed by atoms with van der Waals surface area (Å²) < 4.78 is 5.29. The fourth-order valence-corrected chi connectivity index (χ4v) is 3.43. The van der Waals surface area contributed by atoms with Crippen LogP contribution in [0.15, 0.2) is 28.9 Å². The molecule has 2 bridgehead atoms. The molecule has 22 heavy (non-hydrogen) atoms. The number of piperidine rings is 1. The van der Waals surface area contributed by atoms with Crippen LogP contribution in [0.3, 0.4) is 0 Å². The fourth-order valence-electron chi connectivity index (χ4n) is 3.43.